The normalized spacial score (nSPS) is 34.2. The summed E-state index contributed by atoms with van der Waals surface area (Å²) >= 11 is 0. The van der Waals surface area contributed by atoms with Crippen LogP contribution in [0.15, 0.2) is 0 Å². The molecule has 1 saturated heterocycles. The molecule has 0 aromatic heterocycles. The Bertz CT molecular complexity index is 88.7. The molecule has 10 heavy (non-hydrogen) atoms. The molecule has 0 bridgehead atoms. The second-order valence-corrected chi connectivity index (χ2v) is 3.47. The molecule has 0 unspecified atom stereocenters. The van der Waals surface area contributed by atoms with Gasteiger partial charge in [0.25, 0.3) is 0 Å². The molecule has 60 valence electrons. The Hall–Kier alpha value is -0.0400. The third-order valence-electron chi connectivity index (χ3n) is 2.53. The van der Waals surface area contributed by atoms with Crippen LogP contribution in [0.25, 0.3) is 0 Å². The second-order valence-electron chi connectivity index (χ2n) is 3.47. The van der Waals surface area contributed by atoms with E-state index in [0.29, 0.717) is 0 Å². The van der Waals surface area contributed by atoms with Gasteiger partial charge < -0.3 is 5.32 Å². The Kier molecular flexibility index (Phi) is 3.20. The minimum Gasteiger partial charge on any atom is -0.314 e. The number of hydrogen-bond acceptors (Lipinski definition) is 1. The summed E-state index contributed by atoms with van der Waals surface area (Å²) < 4.78 is 0. The Morgan fingerprint density at radius 1 is 1.50 bits per heavy atom. The van der Waals surface area contributed by atoms with Crippen LogP contribution in [0.2, 0.25) is 0 Å². The van der Waals surface area contributed by atoms with Crippen molar-refractivity contribution in [2.45, 2.75) is 45.6 Å². The molecule has 1 nitrogen and oxygen atoms in total. The lowest BCUT2D eigenvalue weighted by Crippen LogP contribution is -2.39. The molecule has 0 spiro atoms. The van der Waals surface area contributed by atoms with Gasteiger partial charge in [0.1, 0.15) is 0 Å². The van der Waals surface area contributed by atoms with Gasteiger partial charge in [-0.3, -0.25) is 0 Å². The van der Waals surface area contributed by atoms with Crippen LogP contribution in [0, 0.1) is 5.92 Å². The lowest BCUT2D eigenvalue weighted by molar-refractivity contribution is 0.285. The summed E-state index contributed by atoms with van der Waals surface area (Å²) in [6, 6.07) is 0.818. The summed E-state index contributed by atoms with van der Waals surface area (Å²) in [5, 5.41) is 3.57. The SMILES string of the molecule is CCC[C@@H]1NCCC[C@H]1C. The van der Waals surface area contributed by atoms with Gasteiger partial charge in [-0.1, -0.05) is 20.3 Å². The zero-order valence-corrected chi connectivity index (χ0v) is 7.19. The predicted octanol–water partition coefficient (Wildman–Crippen LogP) is 2.17. The van der Waals surface area contributed by atoms with Gasteiger partial charge in [-0.15, -0.1) is 0 Å². The minimum absolute atomic E-state index is 0.818. The van der Waals surface area contributed by atoms with Gasteiger partial charge in [0, 0.05) is 6.04 Å². The molecule has 0 aliphatic carbocycles. The third-order valence-corrected chi connectivity index (χ3v) is 2.53. The summed E-state index contributed by atoms with van der Waals surface area (Å²) in [5.74, 6) is 0.911. The van der Waals surface area contributed by atoms with Gasteiger partial charge in [-0.2, -0.15) is 0 Å². The fourth-order valence-corrected chi connectivity index (χ4v) is 1.81. The molecule has 2 atom stereocenters. The summed E-state index contributed by atoms with van der Waals surface area (Å²) in [7, 11) is 0. The zero-order chi connectivity index (χ0) is 7.40. The third kappa shape index (κ3) is 1.98. The summed E-state index contributed by atoms with van der Waals surface area (Å²) in [6.45, 7) is 5.88. The first-order valence-electron chi connectivity index (χ1n) is 4.58. The second kappa shape index (κ2) is 3.97. The van der Waals surface area contributed by atoms with E-state index < -0.39 is 0 Å². The molecular weight excluding hydrogens is 122 g/mol. The molecule has 0 saturated carbocycles. The van der Waals surface area contributed by atoms with E-state index >= 15 is 0 Å². The molecule has 0 aromatic carbocycles. The lowest BCUT2D eigenvalue weighted by Gasteiger charge is -2.29. The standard InChI is InChI=1S/C9H19N/c1-3-5-9-8(2)6-4-7-10-9/h8-10H,3-7H2,1-2H3/t8-,9+/m1/s1. The first kappa shape index (κ1) is 8.06. The topological polar surface area (TPSA) is 12.0 Å². The average molecular weight is 141 g/mol. The fourth-order valence-electron chi connectivity index (χ4n) is 1.81. The fraction of sp³-hybridized carbons (Fsp3) is 1.00. The van der Waals surface area contributed by atoms with E-state index in [1.165, 1.54) is 32.2 Å². The Labute approximate surface area is 64.2 Å². The number of rotatable bonds is 2. The molecule has 1 aliphatic rings. The van der Waals surface area contributed by atoms with E-state index in [1.807, 2.05) is 0 Å². The van der Waals surface area contributed by atoms with Gasteiger partial charge in [0.2, 0.25) is 0 Å². The largest absolute Gasteiger partial charge is 0.314 e. The highest BCUT2D eigenvalue weighted by atomic mass is 14.9. The minimum atomic E-state index is 0.818. The lowest BCUT2D eigenvalue weighted by atomic mass is 9.90. The highest BCUT2D eigenvalue weighted by Gasteiger charge is 2.18. The molecule has 1 rings (SSSR count). The van der Waals surface area contributed by atoms with Crippen molar-refractivity contribution in [1.82, 2.24) is 5.32 Å². The molecule has 1 aliphatic heterocycles. The van der Waals surface area contributed by atoms with Crippen molar-refractivity contribution < 1.29 is 0 Å². The summed E-state index contributed by atoms with van der Waals surface area (Å²) in [5.41, 5.74) is 0. The number of hydrogen-bond donors (Lipinski definition) is 1. The molecule has 1 N–H and O–H groups in total. The van der Waals surface area contributed by atoms with E-state index in [4.69, 9.17) is 0 Å². The number of nitrogens with one attached hydrogen (secondary N) is 1. The van der Waals surface area contributed by atoms with Gasteiger partial charge >= 0.3 is 0 Å². The first-order chi connectivity index (χ1) is 4.84. The van der Waals surface area contributed by atoms with Crippen LogP contribution in [-0.4, -0.2) is 12.6 Å². The Morgan fingerprint density at radius 2 is 2.30 bits per heavy atom. The Balaban J connectivity index is 2.25. The molecule has 0 aromatic rings. The van der Waals surface area contributed by atoms with Gasteiger partial charge in [0.15, 0.2) is 0 Å². The van der Waals surface area contributed by atoms with Crippen molar-refractivity contribution >= 4 is 0 Å². The van der Waals surface area contributed by atoms with Gasteiger partial charge in [-0.05, 0) is 31.7 Å². The van der Waals surface area contributed by atoms with E-state index in [1.54, 1.807) is 0 Å². The maximum atomic E-state index is 3.57. The van der Waals surface area contributed by atoms with Crippen LogP contribution < -0.4 is 5.32 Å². The van der Waals surface area contributed by atoms with Crippen LogP contribution in [0.4, 0.5) is 0 Å². The molecule has 0 radical (unpaired) electrons. The van der Waals surface area contributed by atoms with E-state index in [-0.39, 0.29) is 0 Å². The zero-order valence-electron chi connectivity index (χ0n) is 7.19. The molecule has 1 fully saturated rings. The van der Waals surface area contributed by atoms with Gasteiger partial charge in [0.05, 0.1) is 0 Å². The molecule has 0 amide bonds. The van der Waals surface area contributed by atoms with Crippen LogP contribution in [-0.2, 0) is 0 Å². The highest BCUT2D eigenvalue weighted by Crippen LogP contribution is 2.18. The van der Waals surface area contributed by atoms with Crippen molar-refractivity contribution in [1.29, 1.82) is 0 Å². The van der Waals surface area contributed by atoms with Crippen LogP contribution in [0.1, 0.15) is 39.5 Å². The van der Waals surface area contributed by atoms with Crippen LogP contribution >= 0.6 is 0 Å². The van der Waals surface area contributed by atoms with E-state index in [0.717, 1.165) is 12.0 Å². The van der Waals surface area contributed by atoms with E-state index in [2.05, 4.69) is 19.2 Å². The quantitative estimate of drug-likeness (QED) is 0.621. The summed E-state index contributed by atoms with van der Waals surface area (Å²) in [6.07, 6.45) is 5.49. The summed E-state index contributed by atoms with van der Waals surface area (Å²) in [4.78, 5) is 0. The average Bonchev–Trinajstić information content (AvgIpc) is 1.94. The Morgan fingerprint density at radius 3 is 2.90 bits per heavy atom. The smallest absolute Gasteiger partial charge is 0.00925 e. The highest BCUT2D eigenvalue weighted by molar-refractivity contribution is 4.77. The number of piperidine rings is 1. The predicted molar refractivity (Wildman–Crippen MR) is 45.1 cm³/mol. The molecule has 1 heteroatoms. The van der Waals surface area contributed by atoms with Crippen molar-refractivity contribution in [2.75, 3.05) is 6.54 Å². The van der Waals surface area contributed by atoms with Crippen molar-refractivity contribution in [3.8, 4) is 0 Å². The maximum absolute atomic E-state index is 3.57. The van der Waals surface area contributed by atoms with Crippen molar-refractivity contribution in [3.63, 3.8) is 0 Å². The molecular formula is C9H19N. The van der Waals surface area contributed by atoms with Crippen LogP contribution in [0.3, 0.4) is 0 Å². The van der Waals surface area contributed by atoms with Crippen molar-refractivity contribution in [3.05, 3.63) is 0 Å². The van der Waals surface area contributed by atoms with E-state index in [9.17, 15) is 0 Å². The van der Waals surface area contributed by atoms with Gasteiger partial charge in [-0.25, -0.2) is 0 Å². The first-order valence-corrected chi connectivity index (χ1v) is 4.58. The monoisotopic (exact) mass is 141 g/mol. The molecule has 1 heterocycles. The van der Waals surface area contributed by atoms with Crippen LogP contribution in [0.5, 0.6) is 0 Å². The van der Waals surface area contributed by atoms with Crippen molar-refractivity contribution in [2.24, 2.45) is 5.92 Å². The maximum Gasteiger partial charge on any atom is 0.00925 e.